The molecule has 1 aromatic heterocycles. The molecule has 0 spiro atoms. The number of aromatic amines is 1. The maximum absolute atomic E-state index is 13.6. The number of benzene rings is 3. The first-order chi connectivity index (χ1) is 17.0. The number of aromatic nitrogens is 1. The summed E-state index contributed by atoms with van der Waals surface area (Å²) in [7, 11) is -3.97. The number of sulfonamides is 1. The topological polar surface area (TPSA) is 103 Å². The normalized spacial score (nSPS) is 14.0. The smallest absolute Gasteiger partial charge is 0.244 e. The van der Waals surface area contributed by atoms with Crippen LogP contribution in [-0.4, -0.2) is 44.0 Å². The largest absolute Gasteiger partial charge is 0.492 e. The predicted molar refractivity (Wildman–Crippen MR) is 141 cm³/mol. The molecule has 0 saturated heterocycles. The minimum absolute atomic E-state index is 0.100. The van der Waals surface area contributed by atoms with Crippen LogP contribution in [0.25, 0.3) is 22.0 Å². The summed E-state index contributed by atoms with van der Waals surface area (Å²) >= 11 is 1.50. The van der Waals surface area contributed by atoms with E-state index in [-0.39, 0.29) is 11.5 Å². The van der Waals surface area contributed by atoms with Crippen LogP contribution in [0.15, 0.2) is 71.8 Å². The van der Waals surface area contributed by atoms with Gasteiger partial charge in [-0.05, 0) is 59.0 Å². The second-order valence-corrected chi connectivity index (χ2v) is 10.8. The number of aliphatic hydroxyl groups excluding tert-OH is 1. The van der Waals surface area contributed by atoms with Gasteiger partial charge in [0, 0.05) is 41.5 Å². The maximum Gasteiger partial charge on any atom is 0.244 e. The number of fused-ring (bicyclic) bond motifs is 2. The van der Waals surface area contributed by atoms with Crippen LogP contribution < -0.4 is 14.2 Å². The fourth-order valence-corrected chi connectivity index (χ4v) is 6.31. The fourth-order valence-electron chi connectivity index (χ4n) is 4.51. The first kappa shape index (κ1) is 23.7. The summed E-state index contributed by atoms with van der Waals surface area (Å²) in [6, 6.07) is 18.6. The molecule has 4 aromatic rings. The lowest BCUT2D eigenvalue weighted by molar-refractivity contribution is 0.256. The van der Waals surface area contributed by atoms with E-state index in [1.165, 1.54) is 11.9 Å². The minimum atomic E-state index is -3.97. The van der Waals surface area contributed by atoms with Crippen LogP contribution in [0.1, 0.15) is 11.1 Å². The first-order valence-corrected chi connectivity index (χ1v) is 14.1. The zero-order valence-corrected chi connectivity index (χ0v) is 20.9. The molecule has 35 heavy (non-hydrogen) atoms. The van der Waals surface area contributed by atoms with Gasteiger partial charge in [-0.25, -0.2) is 13.1 Å². The second-order valence-electron chi connectivity index (χ2n) is 8.51. The number of H-pyrrole nitrogens is 1. The molecule has 2 heterocycles. The average Bonchev–Trinajstić information content (AvgIpc) is 3.50. The Hall–Kier alpha value is -2.98. The molecule has 0 radical (unpaired) electrons. The van der Waals surface area contributed by atoms with E-state index < -0.39 is 16.1 Å². The van der Waals surface area contributed by atoms with Crippen molar-refractivity contribution in [2.45, 2.75) is 23.8 Å². The van der Waals surface area contributed by atoms with Gasteiger partial charge in [0.2, 0.25) is 10.0 Å². The van der Waals surface area contributed by atoms with Crippen LogP contribution in [0.4, 0.5) is 5.69 Å². The molecule has 0 bridgehead atoms. The van der Waals surface area contributed by atoms with E-state index >= 15 is 0 Å². The summed E-state index contributed by atoms with van der Waals surface area (Å²) in [5.41, 5.74) is 5.43. The quantitative estimate of drug-likeness (QED) is 0.250. The van der Waals surface area contributed by atoms with E-state index in [2.05, 4.69) is 14.4 Å². The SMILES string of the molecule is CSNc1cccc(-c2cc3c(c(S(=O)(=O)N[C@@H](CO)Cc4c[nH]c5ccccc45)c2)OCC3)c1. The third kappa shape index (κ3) is 4.90. The van der Waals surface area contributed by atoms with Gasteiger partial charge in [-0.15, -0.1) is 0 Å². The van der Waals surface area contributed by atoms with E-state index in [0.717, 1.165) is 38.8 Å². The number of hydrogen-bond acceptors (Lipinski definition) is 6. The molecule has 0 amide bonds. The molecule has 5 rings (SSSR count). The summed E-state index contributed by atoms with van der Waals surface area (Å²) < 4.78 is 38.8. The van der Waals surface area contributed by atoms with Crippen molar-refractivity contribution in [1.29, 1.82) is 0 Å². The predicted octanol–water partition coefficient (Wildman–Crippen LogP) is 4.34. The van der Waals surface area contributed by atoms with Crippen LogP contribution in [0.5, 0.6) is 5.75 Å². The lowest BCUT2D eigenvalue weighted by atomic mass is 10.0. The van der Waals surface area contributed by atoms with Crippen molar-refractivity contribution >= 4 is 38.6 Å². The Labute approximate surface area is 209 Å². The lowest BCUT2D eigenvalue weighted by Crippen LogP contribution is -2.39. The van der Waals surface area contributed by atoms with Crippen molar-refractivity contribution in [2.24, 2.45) is 0 Å². The second kappa shape index (κ2) is 9.94. The van der Waals surface area contributed by atoms with Crippen molar-refractivity contribution in [3.05, 3.63) is 78.0 Å². The molecule has 9 heteroatoms. The molecule has 1 atom stereocenters. The third-order valence-corrected chi connectivity index (χ3v) is 8.10. The van der Waals surface area contributed by atoms with E-state index in [9.17, 15) is 13.5 Å². The molecule has 0 fully saturated rings. The maximum atomic E-state index is 13.6. The van der Waals surface area contributed by atoms with Gasteiger partial charge in [0.15, 0.2) is 0 Å². The van der Waals surface area contributed by atoms with E-state index in [1.807, 2.05) is 67.0 Å². The van der Waals surface area contributed by atoms with Crippen molar-refractivity contribution in [3.63, 3.8) is 0 Å². The number of aliphatic hydroxyl groups is 1. The highest BCUT2D eigenvalue weighted by molar-refractivity contribution is 7.99. The average molecular weight is 510 g/mol. The summed E-state index contributed by atoms with van der Waals surface area (Å²) in [6.45, 7) is 0.109. The molecule has 3 aromatic carbocycles. The Bertz CT molecular complexity index is 1470. The molecule has 1 aliphatic heterocycles. The Morgan fingerprint density at radius 3 is 2.80 bits per heavy atom. The highest BCUT2D eigenvalue weighted by Gasteiger charge is 2.29. The van der Waals surface area contributed by atoms with Gasteiger partial charge in [0.05, 0.1) is 13.2 Å². The van der Waals surface area contributed by atoms with Crippen molar-refractivity contribution < 1.29 is 18.3 Å². The highest BCUT2D eigenvalue weighted by Crippen LogP contribution is 2.38. The molecular weight excluding hydrogens is 482 g/mol. The first-order valence-electron chi connectivity index (χ1n) is 11.4. The number of ether oxygens (including phenoxy) is 1. The van der Waals surface area contributed by atoms with Gasteiger partial charge in [-0.3, -0.25) is 0 Å². The Morgan fingerprint density at radius 1 is 1.11 bits per heavy atom. The highest BCUT2D eigenvalue weighted by atomic mass is 32.2. The van der Waals surface area contributed by atoms with Crippen LogP contribution in [0.3, 0.4) is 0 Å². The number of rotatable bonds is 9. The lowest BCUT2D eigenvalue weighted by Gasteiger charge is -2.18. The van der Waals surface area contributed by atoms with Gasteiger partial charge in [-0.1, -0.05) is 42.3 Å². The molecule has 0 aliphatic carbocycles. The number of hydrogen-bond donors (Lipinski definition) is 4. The number of nitrogens with one attached hydrogen (secondary N) is 3. The summed E-state index contributed by atoms with van der Waals surface area (Å²) in [4.78, 5) is 3.30. The summed E-state index contributed by atoms with van der Waals surface area (Å²) in [5, 5.41) is 11.0. The fraction of sp³-hybridized carbons (Fsp3) is 0.231. The van der Waals surface area contributed by atoms with Gasteiger partial charge < -0.3 is 19.5 Å². The standard InChI is InChI=1S/C26H27N3O4S2/c1-34-28-21-6-4-5-17(12-21)19-11-18-9-10-33-26(18)25(14-19)35(31,32)29-22(16-30)13-20-15-27-24-8-3-2-7-23(20)24/h2-8,11-12,14-15,22,27-30H,9-10,13,16H2,1H3/t22-/m1/s1. The van der Waals surface area contributed by atoms with Gasteiger partial charge in [0.25, 0.3) is 0 Å². The third-order valence-electron chi connectivity index (χ3n) is 6.14. The van der Waals surface area contributed by atoms with Crippen molar-refractivity contribution in [1.82, 2.24) is 9.71 Å². The van der Waals surface area contributed by atoms with Crippen LogP contribution in [0, 0.1) is 0 Å². The minimum Gasteiger partial charge on any atom is -0.492 e. The van der Waals surface area contributed by atoms with E-state index in [0.29, 0.717) is 25.2 Å². The molecule has 7 nitrogen and oxygen atoms in total. The molecule has 4 N–H and O–H groups in total. The van der Waals surface area contributed by atoms with E-state index in [1.54, 1.807) is 6.07 Å². The molecule has 182 valence electrons. The van der Waals surface area contributed by atoms with Crippen LogP contribution in [0.2, 0.25) is 0 Å². The Balaban J connectivity index is 1.47. The zero-order chi connectivity index (χ0) is 24.4. The van der Waals surface area contributed by atoms with Gasteiger partial charge in [-0.2, -0.15) is 0 Å². The Kier molecular flexibility index (Phi) is 6.75. The van der Waals surface area contributed by atoms with Gasteiger partial charge >= 0.3 is 0 Å². The molecule has 1 aliphatic rings. The molecule has 0 saturated carbocycles. The Morgan fingerprint density at radius 2 is 1.97 bits per heavy atom. The summed E-state index contributed by atoms with van der Waals surface area (Å²) in [5.74, 6) is 0.392. The monoisotopic (exact) mass is 509 g/mol. The van der Waals surface area contributed by atoms with Crippen molar-refractivity contribution in [3.8, 4) is 16.9 Å². The van der Waals surface area contributed by atoms with Crippen molar-refractivity contribution in [2.75, 3.05) is 24.2 Å². The van der Waals surface area contributed by atoms with Crippen LogP contribution >= 0.6 is 11.9 Å². The number of anilines is 1. The van der Waals surface area contributed by atoms with Gasteiger partial charge in [0.1, 0.15) is 10.6 Å². The molecular formula is C26H27N3O4S2. The van der Waals surface area contributed by atoms with Crippen LogP contribution in [-0.2, 0) is 22.9 Å². The zero-order valence-electron chi connectivity index (χ0n) is 19.2. The van der Waals surface area contributed by atoms with E-state index in [4.69, 9.17) is 4.74 Å². The molecule has 0 unspecified atom stereocenters. The summed E-state index contributed by atoms with van der Waals surface area (Å²) in [6.07, 6.45) is 4.81. The number of para-hydroxylation sites is 1.